The van der Waals surface area contributed by atoms with Crippen molar-refractivity contribution in [1.29, 1.82) is 0 Å². The van der Waals surface area contributed by atoms with E-state index in [9.17, 15) is 18.0 Å². The molecule has 0 aliphatic carbocycles. The minimum absolute atomic E-state index is 0.0284. The summed E-state index contributed by atoms with van der Waals surface area (Å²) in [7, 11) is -2.77. The van der Waals surface area contributed by atoms with Gasteiger partial charge >= 0.3 is 0 Å². The molecule has 11 heteroatoms. The second kappa shape index (κ2) is 16.1. The van der Waals surface area contributed by atoms with Crippen LogP contribution in [0.3, 0.4) is 0 Å². The Bertz CT molecular complexity index is 1740. The van der Waals surface area contributed by atoms with Crippen LogP contribution in [0.2, 0.25) is 5.02 Å². The number of carbonyl (C=O) groups is 2. The highest BCUT2D eigenvalue weighted by atomic mass is 79.9. The van der Waals surface area contributed by atoms with Crippen molar-refractivity contribution in [3.8, 4) is 5.75 Å². The van der Waals surface area contributed by atoms with Crippen molar-refractivity contribution in [3.05, 3.63) is 123 Å². The standard InChI is InChI=1S/C35H37BrClN3O5S/c1-4-20-38-35(42)32(21-26-8-6-5-7-9-26)39(23-27-12-14-28(37)15-13-27)34(41)24-40(29-16-10-25(2)11-17-29)46(43,44)30-18-19-33(45-3)31(36)22-30/h5-19,22,32H,4,20-21,23-24H2,1-3H3,(H,38,42). The quantitative estimate of drug-likeness (QED) is 0.155. The third kappa shape index (κ3) is 8.90. The van der Waals surface area contributed by atoms with Crippen molar-refractivity contribution in [2.24, 2.45) is 0 Å². The van der Waals surface area contributed by atoms with E-state index in [-0.39, 0.29) is 23.8 Å². The number of carbonyl (C=O) groups excluding carboxylic acids is 2. The van der Waals surface area contributed by atoms with Crippen LogP contribution in [0, 0.1) is 6.92 Å². The Labute approximate surface area is 284 Å². The molecule has 242 valence electrons. The van der Waals surface area contributed by atoms with Gasteiger partial charge in [0.25, 0.3) is 10.0 Å². The Hall–Kier alpha value is -3.86. The smallest absolute Gasteiger partial charge is 0.264 e. The van der Waals surface area contributed by atoms with E-state index >= 15 is 0 Å². The zero-order chi connectivity index (χ0) is 33.3. The van der Waals surface area contributed by atoms with Crippen molar-refractivity contribution < 1.29 is 22.7 Å². The number of rotatable bonds is 14. The molecule has 8 nitrogen and oxygen atoms in total. The lowest BCUT2D eigenvalue weighted by atomic mass is 10.0. The highest BCUT2D eigenvalue weighted by molar-refractivity contribution is 9.10. The van der Waals surface area contributed by atoms with Gasteiger partial charge in [0.15, 0.2) is 0 Å². The summed E-state index contributed by atoms with van der Waals surface area (Å²) < 4.78 is 35.3. The van der Waals surface area contributed by atoms with Crippen LogP contribution >= 0.6 is 27.5 Å². The number of hydrogen-bond acceptors (Lipinski definition) is 5. The maximum atomic E-state index is 14.5. The summed E-state index contributed by atoms with van der Waals surface area (Å²) in [4.78, 5) is 29.7. The van der Waals surface area contributed by atoms with Gasteiger partial charge in [-0.25, -0.2) is 8.42 Å². The summed E-state index contributed by atoms with van der Waals surface area (Å²) in [5.41, 5.74) is 2.84. The fourth-order valence-electron chi connectivity index (χ4n) is 4.88. The highest BCUT2D eigenvalue weighted by Crippen LogP contribution is 2.31. The highest BCUT2D eigenvalue weighted by Gasteiger charge is 2.34. The summed E-state index contributed by atoms with van der Waals surface area (Å²) >= 11 is 9.53. The van der Waals surface area contributed by atoms with Crippen molar-refractivity contribution in [2.75, 3.05) is 24.5 Å². The van der Waals surface area contributed by atoms with E-state index in [0.717, 1.165) is 21.0 Å². The van der Waals surface area contributed by atoms with Gasteiger partial charge in [0.1, 0.15) is 18.3 Å². The van der Waals surface area contributed by atoms with Crippen LogP contribution in [0.25, 0.3) is 0 Å². The molecule has 4 aromatic rings. The Morgan fingerprint density at radius 3 is 2.22 bits per heavy atom. The second-order valence-electron chi connectivity index (χ2n) is 10.8. The van der Waals surface area contributed by atoms with E-state index in [1.165, 1.54) is 24.1 Å². The molecular weight excluding hydrogens is 690 g/mol. The first-order chi connectivity index (χ1) is 22.0. The molecule has 4 aromatic carbocycles. The molecule has 4 rings (SSSR count). The molecule has 0 aromatic heterocycles. The van der Waals surface area contributed by atoms with Gasteiger partial charge in [-0.05, 0) is 82.9 Å². The number of hydrogen-bond donors (Lipinski definition) is 1. The lowest BCUT2D eigenvalue weighted by Crippen LogP contribution is -2.53. The van der Waals surface area contributed by atoms with Gasteiger partial charge in [0.05, 0.1) is 22.2 Å². The lowest BCUT2D eigenvalue weighted by molar-refractivity contribution is -0.140. The van der Waals surface area contributed by atoms with Crippen LogP contribution in [-0.4, -0.2) is 51.4 Å². The number of benzene rings is 4. The molecule has 1 unspecified atom stereocenters. The normalized spacial score (nSPS) is 11.8. The fourth-order valence-corrected chi connectivity index (χ4v) is 7.14. The van der Waals surface area contributed by atoms with Crippen LogP contribution in [-0.2, 0) is 32.6 Å². The van der Waals surface area contributed by atoms with E-state index in [1.54, 1.807) is 54.6 Å². The number of halogens is 2. The first kappa shape index (κ1) is 35.0. The van der Waals surface area contributed by atoms with Gasteiger partial charge in [-0.3, -0.25) is 13.9 Å². The number of nitrogens with one attached hydrogen (secondary N) is 1. The van der Waals surface area contributed by atoms with Crippen LogP contribution in [0.1, 0.15) is 30.0 Å². The summed E-state index contributed by atoms with van der Waals surface area (Å²) in [5.74, 6) is -0.399. The molecule has 2 amide bonds. The molecule has 46 heavy (non-hydrogen) atoms. The minimum Gasteiger partial charge on any atom is -0.496 e. The lowest BCUT2D eigenvalue weighted by Gasteiger charge is -2.34. The van der Waals surface area contributed by atoms with Gasteiger partial charge in [0, 0.05) is 24.5 Å². The molecule has 0 saturated carbocycles. The molecular formula is C35H37BrClN3O5S. The topological polar surface area (TPSA) is 96.0 Å². The number of methoxy groups -OCH3 is 1. The molecule has 0 fully saturated rings. The largest absolute Gasteiger partial charge is 0.496 e. The summed E-state index contributed by atoms with van der Waals surface area (Å²) in [6, 6.07) is 26.8. The minimum atomic E-state index is -4.26. The molecule has 0 bridgehead atoms. The molecule has 0 heterocycles. The maximum absolute atomic E-state index is 14.5. The van der Waals surface area contributed by atoms with E-state index in [0.29, 0.717) is 33.9 Å². The monoisotopic (exact) mass is 725 g/mol. The Morgan fingerprint density at radius 1 is 0.935 bits per heavy atom. The zero-order valence-electron chi connectivity index (χ0n) is 26.0. The average Bonchev–Trinajstić information content (AvgIpc) is 3.05. The Morgan fingerprint density at radius 2 is 1.61 bits per heavy atom. The molecule has 1 atom stereocenters. The Kier molecular flexibility index (Phi) is 12.3. The van der Waals surface area contributed by atoms with Crippen molar-refractivity contribution in [1.82, 2.24) is 10.2 Å². The average molecular weight is 727 g/mol. The third-order valence-electron chi connectivity index (χ3n) is 7.40. The number of sulfonamides is 1. The molecule has 0 aliphatic heterocycles. The van der Waals surface area contributed by atoms with Gasteiger partial charge < -0.3 is 15.0 Å². The second-order valence-corrected chi connectivity index (χ2v) is 13.9. The van der Waals surface area contributed by atoms with Gasteiger partial charge in [-0.15, -0.1) is 0 Å². The van der Waals surface area contributed by atoms with Crippen LogP contribution in [0.15, 0.2) is 106 Å². The summed E-state index contributed by atoms with van der Waals surface area (Å²) in [6.07, 6.45) is 0.949. The van der Waals surface area contributed by atoms with E-state index in [4.69, 9.17) is 16.3 Å². The zero-order valence-corrected chi connectivity index (χ0v) is 29.1. The first-order valence-corrected chi connectivity index (χ1v) is 17.4. The van der Waals surface area contributed by atoms with E-state index in [2.05, 4.69) is 21.2 Å². The van der Waals surface area contributed by atoms with Gasteiger partial charge in [-0.2, -0.15) is 0 Å². The number of nitrogens with zero attached hydrogens (tertiary/aromatic N) is 2. The molecule has 0 aliphatic rings. The van der Waals surface area contributed by atoms with Crippen molar-refractivity contribution in [3.63, 3.8) is 0 Å². The Balaban J connectivity index is 1.80. The first-order valence-electron chi connectivity index (χ1n) is 14.8. The van der Waals surface area contributed by atoms with Crippen LogP contribution in [0.5, 0.6) is 5.75 Å². The predicted octanol–water partition coefficient (Wildman–Crippen LogP) is 6.78. The van der Waals surface area contributed by atoms with Crippen LogP contribution in [0.4, 0.5) is 5.69 Å². The number of ether oxygens (including phenoxy) is 1. The molecule has 0 spiro atoms. The van der Waals surface area contributed by atoms with Gasteiger partial charge in [0.2, 0.25) is 11.8 Å². The van der Waals surface area contributed by atoms with Crippen molar-refractivity contribution >= 4 is 55.1 Å². The SMILES string of the molecule is CCCNC(=O)C(Cc1ccccc1)N(Cc1ccc(Cl)cc1)C(=O)CN(c1ccc(C)cc1)S(=O)(=O)c1ccc(OC)c(Br)c1. The number of amides is 2. The molecule has 0 saturated heterocycles. The van der Waals surface area contributed by atoms with Crippen LogP contribution < -0.4 is 14.4 Å². The maximum Gasteiger partial charge on any atom is 0.264 e. The third-order valence-corrected chi connectivity index (χ3v) is 10.0. The summed E-state index contributed by atoms with van der Waals surface area (Å²) in [6.45, 7) is 3.79. The predicted molar refractivity (Wildman–Crippen MR) is 186 cm³/mol. The molecule has 0 radical (unpaired) electrons. The fraction of sp³-hybridized carbons (Fsp3) is 0.257. The van der Waals surface area contributed by atoms with Gasteiger partial charge in [-0.1, -0.05) is 78.7 Å². The van der Waals surface area contributed by atoms with Crippen molar-refractivity contribution in [2.45, 2.75) is 44.2 Å². The summed E-state index contributed by atoms with van der Waals surface area (Å²) in [5, 5.41) is 3.48. The number of anilines is 1. The molecule has 1 N–H and O–H groups in total. The number of aryl methyl sites for hydroxylation is 1. The van der Waals surface area contributed by atoms with E-state index in [1.807, 2.05) is 44.2 Å². The van der Waals surface area contributed by atoms with E-state index < -0.39 is 28.5 Å².